The molecular weight excluding hydrogens is 234 g/mol. The molecule has 2 aromatic carbocycles. The van der Waals surface area contributed by atoms with E-state index in [1.54, 1.807) is 0 Å². The summed E-state index contributed by atoms with van der Waals surface area (Å²) in [5.74, 6) is 0.926. The van der Waals surface area contributed by atoms with Gasteiger partial charge in [0.25, 0.3) is 0 Å². The minimum atomic E-state index is -0.0485. The van der Waals surface area contributed by atoms with E-state index in [9.17, 15) is 0 Å². The monoisotopic (exact) mass is 251 g/mol. The van der Waals surface area contributed by atoms with Gasteiger partial charge in [0.05, 0.1) is 17.1 Å². The van der Waals surface area contributed by atoms with Gasteiger partial charge in [0.15, 0.2) is 0 Å². The second-order valence-corrected chi connectivity index (χ2v) is 4.64. The minimum absolute atomic E-state index is 0.0485. The van der Waals surface area contributed by atoms with Crippen molar-refractivity contribution in [3.05, 3.63) is 60.4 Å². The number of para-hydroxylation sites is 3. The van der Waals surface area contributed by atoms with Crippen LogP contribution in [0.15, 0.2) is 54.6 Å². The number of imidazole rings is 1. The zero-order valence-corrected chi connectivity index (χ0v) is 11.0. The average molecular weight is 251 g/mol. The van der Waals surface area contributed by atoms with Crippen LogP contribution in [0.5, 0.6) is 0 Å². The molecule has 1 atom stereocenters. The lowest BCUT2D eigenvalue weighted by Gasteiger charge is -2.13. The van der Waals surface area contributed by atoms with Crippen LogP contribution in [0.2, 0.25) is 0 Å². The Bertz CT molecular complexity index is 686. The number of nitrogens with two attached hydrogens (primary N) is 1. The van der Waals surface area contributed by atoms with E-state index in [1.807, 2.05) is 36.4 Å². The summed E-state index contributed by atoms with van der Waals surface area (Å²) in [5.41, 5.74) is 9.41. The van der Waals surface area contributed by atoms with Crippen molar-refractivity contribution < 1.29 is 0 Å². The fourth-order valence-electron chi connectivity index (χ4n) is 2.32. The number of fused-ring (bicyclic) bond motifs is 1. The molecule has 0 aliphatic rings. The summed E-state index contributed by atoms with van der Waals surface area (Å²) >= 11 is 0. The van der Waals surface area contributed by atoms with E-state index in [-0.39, 0.29) is 6.04 Å². The largest absolute Gasteiger partial charge is 0.321 e. The molecule has 1 heterocycles. The van der Waals surface area contributed by atoms with Crippen molar-refractivity contribution in [1.82, 2.24) is 9.55 Å². The third-order valence-electron chi connectivity index (χ3n) is 3.37. The molecule has 0 amide bonds. The van der Waals surface area contributed by atoms with Gasteiger partial charge in [0.2, 0.25) is 0 Å². The second-order valence-electron chi connectivity index (χ2n) is 4.64. The Hall–Kier alpha value is -2.13. The van der Waals surface area contributed by atoms with Gasteiger partial charge in [-0.05, 0) is 30.7 Å². The van der Waals surface area contributed by atoms with Crippen LogP contribution in [-0.2, 0) is 0 Å². The zero-order valence-electron chi connectivity index (χ0n) is 11.0. The summed E-state index contributed by atoms with van der Waals surface area (Å²) in [6.45, 7) is 2.08. The molecule has 0 saturated heterocycles. The molecule has 1 aromatic heterocycles. The molecule has 19 heavy (non-hydrogen) atoms. The highest BCUT2D eigenvalue weighted by atomic mass is 15.1. The maximum atomic E-state index is 6.21. The van der Waals surface area contributed by atoms with Gasteiger partial charge >= 0.3 is 0 Å². The topological polar surface area (TPSA) is 43.8 Å². The highest BCUT2D eigenvalue weighted by Crippen LogP contribution is 2.25. The SMILES string of the molecule is CCC(N)c1nc2ccccc2n1-c1ccccc1. The fraction of sp³-hybridized carbons (Fsp3) is 0.188. The Morgan fingerprint density at radius 1 is 1.05 bits per heavy atom. The van der Waals surface area contributed by atoms with Crippen molar-refractivity contribution in [2.24, 2.45) is 5.73 Å². The molecule has 0 saturated carbocycles. The van der Waals surface area contributed by atoms with Crippen LogP contribution in [0, 0.1) is 0 Å². The summed E-state index contributed by atoms with van der Waals surface area (Å²) in [5, 5.41) is 0. The number of nitrogens with zero attached hydrogens (tertiary/aromatic N) is 2. The highest BCUT2D eigenvalue weighted by Gasteiger charge is 2.16. The number of benzene rings is 2. The van der Waals surface area contributed by atoms with E-state index < -0.39 is 0 Å². The first-order chi connectivity index (χ1) is 9.31. The lowest BCUT2D eigenvalue weighted by Crippen LogP contribution is -2.15. The summed E-state index contributed by atoms with van der Waals surface area (Å²) in [7, 11) is 0. The van der Waals surface area contributed by atoms with Crippen molar-refractivity contribution in [1.29, 1.82) is 0 Å². The van der Waals surface area contributed by atoms with Gasteiger partial charge < -0.3 is 5.73 Å². The van der Waals surface area contributed by atoms with Crippen molar-refractivity contribution in [2.45, 2.75) is 19.4 Å². The van der Waals surface area contributed by atoms with E-state index in [2.05, 4.69) is 29.7 Å². The van der Waals surface area contributed by atoms with E-state index in [1.165, 1.54) is 0 Å². The third kappa shape index (κ3) is 2.02. The molecule has 0 aliphatic carbocycles. The van der Waals surface area contributed by atoms with Crippen molar-refractivity contribution in [3.63, 3.8) is 0 Å². The first-order valence-electron chi connectivity index (χ1n) is 6.59. The Balaban J connectivity index is 2.31. The first kappa shape index (κ1) is 11.9. The van der Waals surface area contributed by atoms with Crippen LogP contribution < -0.4 is 5.73 Å². The molecule has 3 nitrogen and oxygen atoms in total. The summed E-state index contributed by atoms with van der Waals surface area (Å²) in [6.07, 6.45) is 0.871. The lowest BCUT2D eigenvalue weighted by atomic mass is 10.2. The van der Waals surface area contributed by atoms with Gasteiger partial charge in [0.1, 0.15) is 5.82 Å². The smallest absolute Gasteiger partial charge is 0.131 e. The summed E-state index contributed by atoms with van der Waals surface area (Å²) < 4.78 is 2.16. The van der Waals surface area contributed by atoms with Gasteiger partial charge in [-0.3, -0.25) is 4.57 Å². The van der Waals surface area contributed by atoms with Gasteiger partial charge in [-0.25, -0.2) is 4.98 Å². The van der Waals surface area contributed by atoms with Crippen molar-refractivity contribution in [2.75, 3.05) is 0 Å². The molecular formula is C16H17N3. The molecule has 0 aliphatic heterocycles. The quantitative estimate of drug-likeness (QED) is 0.775. The number of hydrogen-bond donors (Lipinski definition) is 1. The van der Waals surface area contributed by atoms with Gasteiger partial charge in [0, 0.05) is 5.69 Å². The Labute approximate surface area is 112 Å². The number of rotatable bonds is 3. The normalized spacial score (nSPS) is 12.7. The Morgan fingerprint density at radius 3 is 2.47 bits per heavy atom. The third-order valence-corrected chi connectivity index (χ3v) is 3.37. The predicted molar refractivity (Wildman–Crippen MR) is 78.3 cm³/mol. The molecule has 3 aromatic rings. The minimum Gasteiger partial charge on any atom is -0.321 e. The van der Waals surface area contributed by atoms with Crippen LogP contribution in [0.1, 0.15) is 25.2 Å². The average Bonchev–Trinajstić information content (AvgIpc) is 2.86. The van der Waals surface area contributed by atoms with Gasteiger partial charge in [-0.2, -0.15) is 0 Å². The summed E-state index contributed by atoms with van der Waals surface area (Å²) in [6, 6.07) is 18.4. The molecule has 96 valence electrons. The van der Waals surface area contributed by atoms with E-state index in [0.717, 1.165) is 29.0 Å². The van der Waals surface area contributed by atoms with E-state index in [4.69, 9.17) is 10.7 Å². The molecule has 0 fully saturated rings. The van der Waals surface area contributed by atoms with Crippen LogP contribution in [0.25, 0.3) is 16.7 Å². The molecule has 3 rings (SSSR count). The Morgan fingerprint density at radius 2 is 1.74 bits per heavy atom. The maximum Gasteiger partial charge on any atom is 0.131 e. The highest BCUT2D eigenvalue weighted by molar-refractivity contribution is 5.78. The molecule has 2 N–H and O–H groups in total. The van der Waals surface area contributed by atoms with E-state index in [0.29, 0.717) is 0 Å². The maximum absolute atomic E-state index is 6.21. The standard InChI is InChI=1S/C16H17N3/c1-2-13(17)16-18-14-10-6-7-11-15(14)19(16)12-8-4-3-5-9-12/h3-11,13H,2,17H2,1H3. The van der Waals surface area contributed by atoms with Crippen molar-refractivity contribution in [3.8, 4) is 5.69 Å². The van der Waals surface area contributed by atoms with Crippen LogP contribution in [0.4, 0.5) is 0 Å². The van der Waals surface area contributed by atoms with Crippen LogP contribution in [0.3, 0.4) is 0 Å². The molecule has 3 heteroatoms. The predicted octanol–water partition coefficient (Wildman–Crippen LogP) is 3.44. The number of hydrogen-bond acceptors (Lipinski definition) is 2. The molecule has 1 unspecified atom stereocenters. The molecule has 0 bridgehead atoms. The van der Waals surface area contributed by atoms with E-state index >= 15 is 0 Å². The zero-order chi connectivity index (χ0) is 13.2. The van der Waals surface area contributed by atoms with Gasteiger partial charge in [-0.1, -0.05) is 37.3 Å². The molecule has 0 spiro atoms. The molecule has 0 radical (unpaired) electrons. The Kier molecular flexibility index (Phi) is 3.05. The summed E-state index contributed by atoms with van der Waals surface area (Å²) in [4.78, 5) is 4.70. The second kappa shape index (κ2) is 4.86. The van der Waals surface area contributed by atoms with Crippen molar-refractivity contribution >= 4 is 11.0 Å². The number of aromatic nitrogens is 2. The lowest BCUT2D eigenvalue weighted by molar-refractivity contribution is 0.641. The van der Waals surface area contributed by atoms with Crippen LogP contribution in [-0.4, -0.2) is 9.55 Å². The fourth-order valence-corrected chi connectivity index (χ4v) is 2.32. The first-order valence-corrected chi connectivity index (χ1v) is 6.59. The van der Waals surface area contributed by atoms with Crippen LogP contribution >= 0.6 is 0 Å². The van der Waals surface area contributed by atoms with Gasteiger partial charge in [-0.15, -0.1) is 0 Å².